The first kappa shape index (κ1) is 23.5. The van der Waals surface area contributed by atoms with Gasteiger partial charge in [0.2, 0.25) is 5.95 Å². The van der Waals surface area contributed by atoms with Crippen molar-refractivity contribution in [3.63, 3.8) is 0 Å². The summed E-state index contributed by atoms with van der Waals surface area (Å²) in [7, 11) is 7.19. The van der Waals surface area contributed by atoms with E-state index in [1.807, 2.05) is 0 Å². The number of hydrogen-bond acceptors (Lipinski definition) is 11. The van der Waals surface area contributed by atoms with E-state index in [2.05, 4.69) is 20.8 Å². The summed E-state index contributed by atoms with van der Waals surface area (Å²) in [5, 5.41) is 14.5. The summed E-state index contributed by atoms with van der Waals surface area (Å²) in [6.45, 7) is 0. The molecule has 1 aliphatic rings. The average molecular weight is 481 g/mol. The molecule has 0 fully saturated rings. The molecule has 0 radical (unpaired) electrons. The fourth-order valence-electron chi connectivity index (χ4n) is 3.85. The van der Waals surface area contributed by atoms with Gasteiger partial charge in [-0.3, -0.25) is 4.79 Å². The Morgan fingerprint density at radius 1 is 0.886 bits per heavy atom. The maximum absolute atomic E-state index is 14.0. The van der Waals surface area contributed by atoms with Crippen LogP contribution in [0, 0.1) is 0 Å². The number of fused-ring (bicyclic) bond motifs is 1. The van der Waals surface area contributed by atoms with Crippen LogP contribution in [0.25, 0.3) is 0 Å². The fourth-order valence-corrected chi connectivity index (χ4v) is 3.85. The highest BCUT2D eigenvalue weighted by molar-refractivity contribution is 6.15. The Bertz CT molecular complexity index is 1320. The van der Waals surface area contributed by atoms with E-state index in [0.29, 0.717) is 28.6 Å². The van der Waals surface area contributed by atoms with Gasteiger partial charge in [0.25, 0.3) is 0 Å². The first-order valence-electron chi connectivity index (χ1n) is 10.3. The Morgan fingerprint density at radius 2 is 1.63 bits per heavy atom. The van der Waals surface area contributed by atoms with Gasteiger partial charge >= 0.3 is 5.97 Å². The lowest BCUT2D eigenvalue weighted by atomic mass is 9.88. The molecule has 35 heavy (non-hydrogen) atoms. The van der Waals surface area contributed by atoms with Crippen LogP contribution in [-0.2, 0) is 9.53 Å². The van der Waals surface area contributed by atoms with Crippen LogP contribution in [0.3, 0.4) is 0 Å². The molecule has 0 aliphatic carbocycles. The number of nitrogens with one attached hydrogen (secondary N) is 1. The van der Waals surface area contributed by atoms with Gasteiger partial charge in [0.05, 0.1) is 41.1 Å². The molecule has 0 bridgehead atoms. The average Bonchev–Trinajstić information content (AvgIpc) is 3.38. The lowest BCUT2D eigenvalue weighted by Crippen LogP contribution is -2.33. The Kier molecular flexibility index (Phi) is 6.53. The van der Waals surface area contributed by atoms with Crippen molar-refractivity contribution >= 4 is 17.7 Å². The second kappa shape index (κ2) is 9.71. The summed E-state index contributed by atoms with van der Waals surface area (Å²) in [6, 6.07) is 8.86. The van der Waals surface area contributed by atoms with E-state index in [9.17, 15) is 9.59 Å². The van der Waals surface area contributed by atoms with Gasteiger partial charge in [-0.1, -0.05) is 5.10 Å². The molecule has 0 unspecified atom stereocenters. The number of hydrogen-bond donors (Lipinski definition) is 1. The van der Waals surface area contributed by atoms with Crippen molar-refractivity contribution < 1.29 is 33.3 Å². The Morgan fingerprint density at radius 3 is 2.29 bits per heavy atom. The number of rotatable bonds is 8. The minimum absolute atomic E-state index is 0.0485. The van der Waals surface area contributed by atoms with Crippen molar-refractivity contribution in [3.05, 3.63) is 58.8 Å². The highest BCUT2D eigenvalue weighted by Crippen LogP contribution is 2.42. The quantitative estimate of drug-likeness (QED) is 0.374. The normalized spacial score (nSPS) is 14.5. The maximum Gasteiger partial charge on any atom is 0.355 e. The maximum atomic E-state index is 14.0. The highest BCUT2D eigenvalue weighted by atomic mass is 16.5. The molecular formula is C23H23N5O7. The zero-order valence-corrected chi connectivity index (χ0v) is 19.7. The number of benzene rings is 2. The topological polar surface area (TPSA) is 136 Å². The van der Waals surface area contributed by atoms with E-state index in [4.69, 9.17) is 23.7 Å². The van der Waals surface area contributed by atoms with Crippen LogP contribution in [-0.4, -0.2) is 67.5 Å². The first-order valence-corrected chi connectivity index (χ1v) is 10.3. The van der Waals surface area contributed by atoms with Gasteiger partial charge in [-0.25, -0.2) is 4.79 Å². The number of ketones is 1. The largest absolute Gasteiger partial charge is 0.497 e. The molecule has 12 nitrogen and oxygen atoms in total. The third-order valence-corrected chi connectivity index (χ3v) is 5.53. The number of carbonyl (C=O) groups excluding carboxylic acids is 2. The standard InChI is InChI=1S/C23H23N5O7/c1-31-13-7-8-14(16(11-13)33-3)20-18(19(22(30)35-5)24-23-25-26-27-28(20)23)21(29)12-6-9-15(32-2)17(10-12)34-4/h6-11,20H,1-5H3,(H,24,25,27)/t20-/m1/s1. The lowest BCUT2D eigenvalue weighted by molar-refractivity contribution is -0.136. The van der Waals surface area contributed by atoms with Gasteiger partial charge in [-0.15, -0.1) is 0 Å². The SMILES string of the molecule is COC(=O)C1=C(C(=O)c2ccc(OC)c(OC)c2)[C@@H](c2ccc(OC)cc2OC)n2nnnc2N1. The number of allylic oxidation sites excluding steroid dienone is 1. The third kappa shape index (κ3) is 4.09. The first-order chi connectivity index (χ1) is 17.0. The zero-order chi connectivity index (χ0) is 25.1. The third-order valence-electron chi connectivity index (χ3n) is 5.53. The number of ether oxygens (including phenoxy) is 5. The van der Waals surface area contributed by atoms with Crippen LogP contribution in [0.5, 0.6) is 23.0 Å². The van der Waals surface area contributed by atoms with Crippen molar-refractivity contribution in [2.75, 3.05) is 40.9 Å². The summed E-state index contributed by atoms with van der Waals surface area (Å²) >= 11 is 0. The summed E-state index contributed by atoms with van der Waals surface area (Å²) in [4.78, 5) is 26.8. The molecule has 4 rings (SSSR count). The molecule has 3 aromatic rings. The van der Waals surface area contributed by atoms with Crippen molar-refractivity contribution in [2.24, 2.45) is 0 Å². The molecule has 12 heteroatoms. The smallest absolute Gasteiger partial charge is 0.355 e. The van der Waals surface area contributed by atoms with Gasteiger partial charge in [-0.05, 0) is 40.8 Å². The molecule has 1 aromatic heterocycles. The van der Waals surface area contributed by atoms with E-state index in [-0.39, 0.29) is 22.8 Å². The minimum Gasteiger partial charge on any atom is -0.497 e. The zero-order valence-electron chi connectivity index (χ0n) is 19.7. The Balaban J connectivity index is 1.97. The number of Topliss-reactive ketones (excluding diaryl/α,β-unsaturated/α-hetero) is 1. The molecular weight excluding hydrogens is 458 g/mol. The molecule has 2 aromatic carbocycles. The van der Waals surface area contributed by atoms with E-state index < -0.39 is 17.8 Å². The second-order valence-electron chi connectivity index (χ2n) is 7.26. The van der Waals surface area contributed by atoms with Gasteiger partial charge < -0.3 is 29.0 Å². The highest BCUT2D eigenvalue weighted by Gasteiger charge is 2.40. The van der Waals surface area contributed by atoms with E-state index in [1.54, 1.807) is 30.3 Å². The molecule has 1 aliphatic heterocycles. The van der Waals surface area contributed by atoms with Crippen molar-refractivity contribution in [3.8, 4) is 23.0 Å². The van der Waals surface area contributed by atoms with Gasteiger partial charge in [0.1, 0.15) is 23.2 Å². The van der Waals surface area contributed by atoms with Crippen LogP contribution in [0.1, 0.15) is 22.0 Å². The van der Waals surface area contributed by atoms with E-state index >= 15 is 0 Å². The number of tetrazole rings is 1. The Labute approximate surface area is 200 Å². The number of esters is 1. The van der Waals surface area contributed by atoms with Crippen LogP contribution in [0.4, 0.5) is 5.95 Å². The molecule has 1 atom stereocenters. The van der Waals surface area contributed by atoms with E-state index in [0.717, 1.165) is 0 Å². The van der Waals surface area contributed by atoms with Crippen LogP contribution in [0.15, 0.2) is 47.7 Å². The molecule has 182 valence electrons. The van der Waals surface area contributed by atoms with Crippen LogP contribution in [0.2, 0.25) is 0 Å². The second-order valence-corrected chi connectivity index (χ2v) is 7.26. The summed E-state index contributed by atoms with van der Waals surface area (Å²) in [5.41, 5.74) is 0.716. The molecule has 0 saturated carbocycles. The molecule has 2 heterocycles. The molecule has 0 spiro atoms. The fraction of sp³-hybridized carbons (Fsp3) is 0.261. The van der Waals surface area contributed by atoms with Crippen molar-refractivity contribution in [2.45, 2.75) is 6.04 Å². The number of anilines is 1. The van der Waals surface area contributed by atoms with Gasteiger partial charge in [-0.2, -0.15) is 4.68 Å². The van der Waals surface area contributed by atoms with Crippen molar-refractivity contribution in [1.82, 2.24) is 20.2 Å². The summed E-state index contributed by atoms with van der Waals surface area (Å²) in [5.74, 6) is 0.648. The summed E-state index contributed by atoms with van der Waals surface area (Å²) in [6.07, 6.45) is 0. The molecule has 1 N–H and O–H groups in total. The minimum atomic E-state index is -0.934. The molecule has 0 amide bonds. The number of aromatic nitrogens is 4. The number of methoxy groups -OCH3 is 5. The van der Waals surface area contributed by atoms with Gasteiger partial charge in [0.15, 0.2) is 17.3 Å². The lowest BCUT2D eigenvalue weighted by Gasteiger charge is -2.29. The Hall–Kier alpha value is -4.61. The molecule has 0 saturated heterocycles. The van der Waals surface area contributed by atoms with Gasteiger partial charge in [0, 0.05) is 17.2 Å². The number of carbonyl (C=O) groups is 2. The number of nitrogens with zero attached hydrogens (tertiary/aromatic N) is 4. The van der Waals surface area contributed by atoms with E-state index in [1.165, 1.54) is 46.3 Å². The predicted octanol–water partition coefficient (Wildman–Crippen LogP) is 2.03. The van der Waals surface area contributed by atoms with Crippen LogP contribution < -0.4 is 24.3 Å². The summed E-state index contributed by atoms with van der Waals surface area (Å²) < 4.78 is 27.9. The monoisotopic (exact) mass is 481 g/mol. The van der Waals surface area contributed by atoms with Crippen LogP contribution >= 0.6 is 0 Å². The van der Waals surface area contributed by atoms with Crippen molar-refractivity contribution in [1.29, 1.82) is 0 Å². The predicted molar refractivity (Wildman–Crippen MR) is 122 cm³/mol.